The number of amides is 1. The van der Waals surface area contributed by atoms with E-state index in [1.54, 1.807) is 11.9 Å². The summed E-state index contributed by atoms with van der Waals surface area (Å²) in [6, 6.07) is 17.4. The fraction of sp³-hybridized carbons (Fsp3) is 0.455. The first-order valence-electron chi connectivity index (χ1n) is 15.2. The lowest BCUT2D eigenvalue weighted by Gasteiger charge is -2.44. The van der Waals surface area contributed by atoms with E-state index in [1.807, 2.05) is 25.8 Å². The summed E-state index contributed by atoms with van der Waals surface area (Å²) in [6.45, 7) is 8.33. The summed E-state index contributed by atoms with van der Waals surface area (Å²) in [5.74, 6) is 2.82. The van der Waals surface area contributed by atoms with Crippen LogP contribution >= 0.6 is 11.9 Å². The van der Waals surface area contributed by atoms with Crippen LogP contribution < -0.4 is 9.80 Å². The maximum Gasteiger partial charge on any atom is 0.227 e. The number of piperazine rings is 1. The molecule has 3 aliphatic heterocycles. The number of likely N-dealkylation sites (tertiary alicyclic amines) is 1. The molecule has 0 unspecified atom stereocenters. The van der Waals surface area contributed by atoms with Crippen LogP contribution in [0.2, 0.25) is 0 Å². The van der Waals surface area contributed by atoms with Crippen LogP contribution in [0.25, 0.3) is 22.0 Å². The van der Waals surface area contributed by atoms with E-state index in [0.717, 1.165) is 97.2 Å². The van der Waals surface area contributed by atoms with Crippen LogP contribution in [0.15, 0.2) is 53.1 Å². The van der Waals surface area contributed by atoms with Gasteiger partial charge < -0.3 is 19.2 Å². The predicted molar refractivity (Wildman–Crippen MR) is 172 cm³/mol. The minimum atomic E-state index is -0.0247. The zero-order chi connectivity index (χ0) is 29.7. The SMILES string of the molecule is CSN1CCN(c2nc(N3CCC4(CCC(=O)N4C)CC3)nc3ccc(-c4c(C)noc4C)cc23)[C@@H](c2ccccc2)C1. The van der Waals surface area contributed by atoms with Crippen molar-refractivity contribution in [1.29, 1.82) is 0 Å². The Morgan fingerprint density at radius 1 is 0.977 bits per heavy atom. The Labute approximate surface area is 257 Å². The van der Waals surface area contributed by atoms with Crippen molar-refractivity contribution in [1.82, 2.24) is 24.3 Å². The molecule has 5 heterocycles. The number of benzene rings is 2. The van der Waals surface area contributed by atoms with E-state index in [1.165, 1.54) is 5.56 Å². The zero-order valence-corrected chi connectivity index (χ0v) is 26.2. The molecule has 1 amide bonds. The fourth-order valence-corrected chi connectivity index (χ4v) is 7.85. The molecule has 43 heavy (non-hydrogen) atoms. The summed E-state index contributed by atoms with van der Waals surface area (Å²) in [6.07, 6.45) is 5.64. The number of hydrogen-bond acceptors (Lipinski definition) is 9. The predicted octanol–water partition coefficient (Wildman–Crippen LogP) is 5.63. The first-order valence-corrected chi connectivity index (χ1v) is 16.4. The van der Waals surface area contributed by atoms with E-state index in [0.29, 0.717) is 6.42 Å². The van der Waals surface area contributed by atoms with E-state index in [4.69, 9.17) is 14.5 Å². The molecule has 1 spiro atoms. The van der Waals surface area contributed by atoms with Crippen LogP contribution in [0.5, 0.6) is 0 Å². The number of anilines is 2. The molecule has 0 aliphatic carbocycles. The molecule has 9 nitrogen and oxygen atoms in total. The fourth-order valence-electron chi connectivity index (χ4n) is 7.30. The molecule has 1 atom stereocenters. The molecule has 3 saturated heterocycles. The van der Waals surface area contributed by atoms with Crippen molar-refractivity contribution >= 4 is 40.5 Å². The first kappa shape index (κ1) is 28.2. The number of hydrogen-bond donors (Lipinski definition) is 0. The van der Waals surface area contributed by atoms with Gasteiger partial charge in [-0.2, -0.15) is 4.98 Å². The van der Waals surface area contributed by atoms with Gasteiger partial charge in [-0.3, -0.25) is 4.79 Å². The summed E-state index contributed by atoms with van der Waals surface area (Å²) < 4.78 is 7.97. The number of aromatic nitrogens is 3. The van der Waals surface area contributed by atoms with Gasteiger partial charge in [0.1, 0.15) is 11.6 Å². The third kappa shape index (κ3) is 4.94. The molecule has 3 aliphatic rings. The van der Waals surface area contributed by atoms with Crippen molar-refractivity contribution in [2.45, 2.75) is 51.1 Å². The van der Waals surface area contributed by atoms with Gasteiger partial charge in [0.25, 0.3) is 0 Å². The van der Waals surface area contributed by atoms with Gasteiger partial charge in [0.2, 0.25) is 11.9 Å². The summed E-state index contributed by atoms with van der Waals surface area (Å²) in [5, 5.41) is 5.25. The van der Waals surface area contributed by atoms with Gasteiger partial charge in [0, 0.05) is 62.7 Å². The van der Waals surface area contributed by atoms with Gasteiger partial charge in [0.15, 0.2) is 0 Å². The highest BCUT2D eigenvalue weighted by Gasteiger charge is 2.45. The highest BCUT2D eigenvalue weighted by atomic mass is 32.2. The maximum absolute atomic E-state index is 12.4. The Balaban J connectivity index is 1.33. The third-order valence-corrected chi connectivity index (χ3v) is 10.8. The summed E-state index contributed by atoms with van der Waals surface area (Å²) >= 11 is 1.80. The van der Waals surface area contributed by atoms with Gasteiger partial charge in [-0.15, -0.1) is 0 Å². The molecule has 0 saturated carbocycles. The Morgan fingerprint density at radius 3 is 2.44 bits per heavy atom. The minimum Gasteiger partial charge on any atom is -0.361 e. The highest BCUT2D eigenvalue weighted by molar-refractivity contribution is 7.96. The quantitative estimate of drug-likeness (QED) is 0.272. The van der Waals surface area contributed by atoms with Crippen LogP contribution in [-0.4, -0.2) is 81.8 Å². The zero-order valence-electron chi connectivity index (χ0n) is 25.4. The monoisotopic (exact) mass is 597 g/mol. The van der Waals surface area contributed by atoms with Gasteiger partial charge in [0.05, 0.1) is 17.3 Å². The molecule has 7 rings (SSSR count). The standard InChI is InChI=1S/C33H39N7O2S/c1-22-30(23(2)42-36-22)25-10-11-27-26(20-25)31(40-19-18-39(43-4)21-28(40)24-8-6-5-7-9-24)35-32(34-27)38-16-14-33(15-17-38)13-12-29(41)37(33)3/h5-11,20,28H,12-19,21H2,1-4H3/t28-/m1/s1. The second kappa shape index (κ2) is 11.1. The van der Waals surface area contributed by atoms with Crippen LogP contribution in [0, 0.1) is 13.8 Å². The number of fused-ring (bicyclic) bond motifs is 1. The van der Waals surface area contributed by atoms with Crippen molar-refractivity contribution in [2.75, 3.05) is 55.8 Å². The normalized spacial score (nSPS) is 21.0. The van der Waals surface area contributed by atoms with Crippen molar-refractivity contribution in [2.24, 2.45) is 0 Å². The van der Waals surface area contributed by atoms with E-state index in [2.05, 4.69) is 74.0 Å². The summed E-state index contributed by atoms with van der Waals surface area (Å²) in [7, 11) is 1.98. The molecule has 10 heteroatoms. The van der Waals surface area contributed by atoms with Crippen molar-refractivity contribution in [3.8, 4) is 11.1 Å². The molecule has 0 bridgehead atoms. The molecule has 3 fully saturated rings. The van der Waals surface area contributed by atoms with Crippen LogP contribution in [0.1, 0.15) is 48.7 Å². The highest BCUT2D eigenvalue weighted by Crippen LogP contribution is 2.41. The van der Waals surface area contributed by atoms with E-state index < -0.39 is 0 Å². The first-order chi connectivity index (χ1) is 20.9. The van der Waals surface area contributed by atoms with Gasteiger partial charge >= 0.3 is 0 Å². The second-order valence-corrected chi connectivity index (χ2v) is 13.0. The Morgan fingerprint density at radius 2 is 1.77 bits per heavy atom. The van der Waals surface area contributed by atoms with Gasteiger partial charge in [-0.05, 0) is 62.6 Å². The number of piperidine rings is 1. The topological polar surface area (TPSA) is 81.8 Å². The molecular weight excluding hydrogens is 558 g/mol. The lowest BCUT2D eigenvalue weighted by Crippen LogP contribution is -2.52. The van der Waals surface area contributed by atoms with Gasteiger partial charge in [-0.1, -0.05) is 53.5 Å². The van der Waals surface area contributed by atoms with Crippen molar-refractivity contribution < 1.29 is 9.32 Å². The third-order valence-electron chi connectivity index (χ3n) is 9.91. The molecule has 0 N–H and O–H groups in total. The largest absolute Gasteiger partial charge is 0.361 e. The van der Waals surface area contributed by atoms with E-state index in [9.17, 15) is 4.79 Å². The van der Waals surface area contributed by atoms with Crippen molar-refractivity contribution in [3.05, 3.63) is 65.5 Å². The molecule has 2 aromatic carbocycles. The average molecular weight is 598 g/mol. The maximum atomic E-state index is 12.4. The molecule has 4 aromatic rings. The number of rotatable bonds is 5. The Hall–Kier alpha value is -3.63. The molecule has 0 radical (unpaired) electrons. The average Bonchev–Trinajstić information content (AvgIpc) is 3.53. The molecule has 224 valence electrons. The number of aryl methyl sites for hydroxylation is 2. The smallest absolute Gasteiger partial charge is 0.227 e. The number of carbonyl (C=O) groups excluding carboxylic acids is 1. The Kier molecular flexibility index (Phi) is 7.29. The van der Waals surface area contributed by atoms with Gasteiger partial charge in [-0.25, -0.2) is 9.29 Å². The molecular formula is C33H39N7O2S. The summed E-state index contributed by atoms with van der Waals surface area (Å²) in [4.78, 5) is 29.7. The number of carbonyl (C=O) groups is 1. The van der Waals surface area contributed by atoms with E-state index >= 15 is 0 Å². The molecule has 2 aromatic heterocycles. The van der Waals surface area contributed by atoms with E-state index in [-0.39, 0.29) is 17.5 Å². The summed E-state index contributed by atoms with van der Waals surface area (Å²) in [5.41, 5.74) is 5.16. The Bertz CT molecular complexity index is 1630. The van der Waals surface area contributed by atoms with Crippen LogP contribution in [0.4, 0.5) is 11.8 Å². The lowest BCUT2D eigenvalue weighted by atomic mass is 9.85. The van der Waals surface area contributed by atoms with Crippen LogP contribution in [0.3, 0.4) is 0 Å². The number of nitrogens with zero attached hydrogens (tertiary/aromatic N) is 7. The van der Waals surface area contributed by atoms with Crippen molar-refractivity contribution in [3.63, 3.8) is 0 Å². The second-order valence-electron chi connectivity index (χ2n) is 12.1. The minimum absolute atomic E-state index is 0.0247. The lowest BCUT2D eigenvalue weighted by molar-refractivity contribution is -0.130. The van der Waals surface area contributed by atoms with Crippen LogP contribution in [-0.2, 0) is 4.79 Å².